The van der Waals surface area contributed by atoms with Crippen LogP contribution >= 0.6 is 11.6 Å². The molecule has 1 aromatic heterocycles. The Morgan fingerprint density at radius 3 is 2.70 bits per heavy atom. The fourth-order valence-electron chi connectivity index (χ4n) is 2.83. The quantitative estimate of drug-likeness (QED) is 0.655. The largest absolute Gasteiger partial charge is 0.465 e. The third-order valence-electron chi connectivity index (χ3n) is 3.85. The van der Waals surface area contributed by atoms with E-state index < -0.39 is 6.09 Å². The molecule has 3 N–H and O–H groups in total. The van der Waals surface area contributed by atoms with Gasteiger partial charge in [0.2, 0.25) is 0 Å². The van der Waals surface area contributed by atoms with Gasteiger partial charge in [-0.1, -0.05) is 41.9 Å². The van der Waals surface area contributed by atoms with Crippen molar-refractivity contribution in [3.63, 3.8) is 0 Å². The molecule has 0 aliphatic rings. The molecule has 5 heteroatoms. The van der Waals surface area contributed by atoms with Gasteiger partial charge in [0.1, 0.15) is 0 Å². The molecule has 0 unspecified atom stereocenters. The van der Waals surface area contributed by atoms with E-state index >= 15 is 0 Å². The number of amides is 1. The average molecular weight is 329 g/mol. The molecule has 0 saturated carbocycles. The van der Waals surface area contributed by atoms with Crippen LogP contribution in [0.25, 0.3) is 10.9 Å². The Kier molecular flexibility index (Phi) is 4.53. The minimum absolute atomic E-state index is 0.201. The van der Waals surface area contributed by atoms with Crippen LogP contribution in [0.15, 0.2) is 54.7 Å². The second-order valence-corrected chi connectivity index (χ2v) is 5.98. The van der Waals surface area contributed by atoms with Crippen molar-refractivity contribution < 1.29 is 9.90 Å². The number of carboxylic acid groups (broad SMARTS) is 1. The number of hydrogen-bond donors (Lipinski definition) is 3. The molecule has 118 valence electrons. The molecular formula is C18H17ClN2O2. The molecule has 3 rings (SSSR count). The maximum absolute atomic E-state index is 11.1. The maximum atomic E-state index is 11.1. The molecule has 1 atom stereocenters. The van der Waals surface area contributed by atoms with E-state index in [4.69, 9.17) is 16.7 Å². The molecule has 3 aromatic rings. The monoisotopic (exact) mass is 328 g/mol. The summed E-state index contributed by atoms with van der Waals surface area (Å²) in [4.78, 5) is 14.3. The summed E-state index contributed by atoms with van der Waals surface area (Å²) in [6.45, 7) is 0. The second-order valence-electron chi connectivity index (χ2n) is 5.54. The van der Waals surface area contributed by atoms with Crippen molar-refractivity contribution in [3.8, 4) is 0 Å². The molecule has 1 heterocycles. The number of benzene rings is 2. The summed E-state index contributed by atoms with van der Waals surface area (Å²) >= 11 is 6.07. The van der Waals surface area contributed by atoms with E-state index in [2.05, 4.69) is 10.3 Å². The molecule has 0 radical (unpaired) electrons. The van der Waals surface area contributed by atoms with Crippen LogP contribution in [-0.2, 0) is 12.8 Å². The van der Waals surface area contributed by atoms with Crippen LogP contribution in [0.1, 0.15) is 11.1 Å². The molecule has 1 amide bonds. The fourth-order valence-corrected chi connectivity index (χ4v) is 3.00. The first-order valence-corrected chi connectivity index (χ1v) is 7.78. The van der Waals surface area contributed by atoms with Gasteiger partial charge in [0.25, 0.3) is 0 Å². The molecule has 0 spiro atoms. The topological polar surface area (TPSA) is 65.1 Å². The van der Waals surface area contributed by atoms with E-state index in [9.17, 15) is 4.79 Å². The summed E-state index contributed by atoms with van der Waals surface area (Å²) in [6, 6.07) is 15.3. The zero-order chi connectivity index (χ0) is 16.2. The lowest BCUT2D eigenvalue weighted by Gasteiger charge is -2.17. The predicted molar refractivity (Wildman–Crippen MR) is 92.1 cm³/mol. The Balaban J connectivity index is 1.84. The van der Waals surface area contributed by atoms with Crippen molar-refractivity contribution in [3.05, 3.63) is 70.9 Å². The van der Waals surface area contributed by atoms with Crippen LogP contribution in [0.5, 0.6) is 0 Å². The van der Waals surface area contributed by atoms with E-state index in [0.717, 1.165) is 22.0 Å². The zero-order valence-electron chi connectivity index (χ0n) is 12.4. The van der Waals surface area contributed by atoms with Gasteiger partial charge in [-0.3, -0.25) is 0 Å². The molecule has 0 fully saturated rings. The Labute approximate surface area is 139 Å². The van der Waals surface area contributed by atoms with Crippen molar-refractivity contribution in [2.75, 3.05) is 0 Å². The number of rotatable bonds is 5. The Morgan fingerprint density at radius 1 is 1.17 bits per heavy atom. The highest BCUT2D eigenvalue weighted by molar-refractivity contribution is 6.31. The highest BCUT2D eigenvalue weighted by Gasteiger charge is 2.15. The van der Waals surface area contributed by atoms with Gasteiger partial charge >= 0.3 is 6.09 Å². The highest BCUT2D eigenvalue weighted by Crippen LogP contribution is 2.24. The van der Waals surface area contributed by atoms with Crippen molar-refractivity contribution in [2.45, 2.75) is 18.9 Å². The van der Waals surface area contributed by atoms with Gasteiger partial charge in [-0.05, 0) is 42.2 Å². The number of carbonyl (C=O) groups is 1. The van der Waals surface area contributed by atoms with E-state index in [-0.39, 0.29) is 6.04 Å². The summed E-state index contributed by atoms with van der Waals surface area (Å²) < 4.78 is 0. The first-order valence-electron chi connectivity index (χ1n) is 7.41. The van der Waals surface area contributed by atoms with Crippen LogP contribution in [0.3, 0.4) is 0 Å². The Bertz CT molecular complexity index is 814. The molecule has 0 aliphatic carbocycles. The molecule has 0 aliphatic heterocycles. The number of H-pyrrole nitrogens is 1. The first-order chi connectivity index (χ1) is 11.1. The van der Waals surface area contributed by atoms with Crippen molar-refractivity contribution in [1.29, 1.82) is 0 Å². The van der Waals surface area contributed by atoms with Gasteiger partial charge < -0.3 is 15.4 Å². The SMILES string of the molecule is O=C(O)N[C@H](Cc1ccccc1)Cc1c[nH]c2ccc(Cl)cc12. The number of hydrogen-bond acceptors (Lipinski definition) is 1. The van der Waals surface area contributed by atoms with Gasteiger partial charge in [0, 0.05) is 28.2 Å². The third-order valence-corrected chi connectivity index (χ3v) is 4.08. The normalized spacial score (nSPS) is 12.2. The van der Waals surface area contributed by atoms with Gasteiger partial charge in [-0.25, -0.2) is 4.79 Å². The fraction of sp³-hybridized carbons (Fsp3) is 0.167. The third kappa shape index (κ3) is 3.85. The number of aromatic nitrogens is 1. The maximum Gasteiger partial charge on any atom is 0.404 e. The summed E-state index contributed by atoms with van der Waals surface area (Å²) in [5, 5.41) is 13.4. The van der Waals surface area contributed by atoms with Gasteiger partial charge in [-0.15, -0.1) is 0 Å². The minimum Gasteiger partial charge on any atom is -0.465 e. The lowest BCUT2D eigenvalue weighted by atomic mass is 9.99. The van der Waals surface area contributed by atoms with E-state index in [1.54, 1.807) is 0 Å². The second kappa shape index (κ2) is 6.75. The molecule has 0 bridgehead atoms. The molecule has 2 aromatic carbocycles. The van der Waals surface area contributed by atoms with Crippen LogP contribution < -0.4 is 5.32 Å². The smallest absolute Gasteiger partial charge is 0.404 e. The van der Waals surface area contributed by atoms with Crippen molar-refractivity contribution in [1.82, 2.24) is 10.3 Å². The Hall–Kier alpha value is -2.46. The Morgan fingerprint density at radius 2 is 1.96 bits per heavy atom. The summed E-state index contributed by atoms with van der Waals surface area (Å²) in [6.07, 6.45) is 2.15. The summed E-state index contributed by atoms with van der Waals surface area (Å²) in [7, 11) is 0. The number of halogens is 1. The van der Waals surface area contributed by atoms with Gasteiger partial charge in [-0.2, -0.15) is 0 Å². The van der Waals surface area contributed by atoms with Crippen LogP contribution in [0, 0.1) is 0 Å². The summed E-state index contributed by atoms with van der Waals surface area (Å²) in [5.74, 6) is 0. The standard InChI is InChI=1S/C18H17ClN2O2/c19-14-6-7-17-16(10-14)13(11-20-17)9-15(21-18(22)23)8-12-4-2-1-3-5-12/h1-7,10-11,15,20-21H,8-9H2,(H,22,23)/t15-/m1/s1. The van der Waals surface area contributed by atoms with E-state index in [1.807, 2.05) is 54.7 Å². The summed E-state index contributed by atoms with van der Waals surface area (Å²) in [5.41, 5.74) is 3.15. The van der Waals surface area contributed by atoms with Crippen molar-refractivity contribution >= 4 is 28.6 Å². The number of nitrogens with one attached hydrogen (secondary N) is 2. The average Bonchev–Trinajstić information content (AvgIpc) is 2.90. The van der Waals surface area contributed by atoms with Gasteiger partial charge in [0.15, 0.2) is 0 Å². The van der Waals surface area contributed by atoms with Crippen LogP contribution in [0.2, 0.25) is 5.02 Å². The van der Waals surface area contributed by atoms with E-state index in [0.29, 0.717) is 17.9 Å². The lowest BCUT2D eigenvalue weighted by molar-refractivity contribution is 0.189. The molecule has 23 heavy (non-hydrogen) atoms. The van der Waals surface area contributed by atoms with Crippen LogP contribution in [0.4, 0.5) is 4.79 Å². The van der Waals surface area contributed by atoms with Crippen molar-refractivity contribution in [2.24, 2.45) is 0 Å². The minimum atomic E-state index is -1.01. The van der Waals surface area contributed by atoms with Gasteiger partial charge in [0.05, 0.1) is 0 Å². The predicted octanol–water partition coefficient (Wildman–Crippen LogP) is 4.24. The molecule has 0 saturated heterocycles. The number of fused-ring (bicyclic) bond motifs is 1. The highest BCUT2D eigenvalue weighted by atomic mass is 35.5. The number of aromatic amines is 1. The van der Waals surface area contributed by atoms with Crippen LogP contribution in [-0.4, -0.2) is 22.2 Å². The molecular weight excluding hydrogens is 312 g/mol. The van der Waals surface area contributed by atoms with E-state index in [1.165, 1.54) is 0 Å². The molecule has 4 nitrogen and oxygen atoms in total. The lowest BCUT2D eigenvalue weighted by Crippen LogP contribution is -2.37. The first kappa shape index (κ1) is 15.4. The zero-order valence-corrected chi connectivity index (χ0v) is 13.2.